The minimum Gasteiger partial charge on any atom is -0.441 e. The zero-order chi connectivity index (χ0) is 27.4. The topological polar surface area (TPSA) is 52.1 Å². The first kappa shape index (κ1) is 27.3. The zero-order valence-electron chi connectivity index (χ0n) is 23.2. The van der Waals surface area contributed by atoms with E-state index in [-0.39, 0.29) is 11.6 Å². The van der Waals surface area contributed by atoms with Crippen molar-refractivity contribution < 1.29 is 17.6 Å². The molecular weight excluding hydrogens is 494 g/mol. The summed E-state index contributed by atoms with van der Waals surface area (Å²) in [6.45, 7) is 5.49. The van der Waals surface area contributed by atoms with E-state index in [1.54, 1.807) is 25.1 Å². The summed E-state index contributed by atoms with van der Waals surface area (Å²) >= 11 is 0. The maximum Gasteiger partial charge on any atom is 0.192 e. The van der Waals surface area contributed by atoms with Gasteiger partial charge in [-0.15, -0.1) is 0 Å². The number of oxazole rings is 2. The molecule has 6 rings (SSSR count). The Hall–Kier alpha value is -3.28. The molecule has 0 spiro atoms. The molecule has 2 heterocycles. The van der Waals surface area contributed by atoms with E-state index in [4.69, 9.17) is 8.83 Å². The van der Waals surface area contributed by atoms with Gasteiger partial charge in [-0.25, -0.2) is 18.7 Å². The fourth-order valence-electron chi connectivity index (χ4n) is 5.97. The van der Waals surface area contributed by atoms with Crippen molar-refractivity contribution in [3.63, 3.8) is 0 Å². The van der Waals surface area contributed by atoms with Gasteiger partial charge in [-0.2, -0.15) is 0 Å². The van der Waals surface area contributed by atoms with Crippen LogP contribution < -0.4 is 0 Å². The molecule has 0 atom stereocenters. The van der Waals surface area contributed by atoms with Gasteiger partial charge in [0.2, 0.25) is 0 Å². The third kappa shape index (κ3) is 6.48. The Kier molecular flexibility index (Phi) is 8.59. The largest absolute Gasteiger partial charge is 0.441 e. The van der Waals surface area contributed by atoms with E-state index in [0.29, 0.717) is 29.2 Å². The fraction of sp³-hybridized carbons (Fsp3) is 0.455. The van der Waals surface area contributed by atoms with Crippen molar-refractivity contribution in [3.05, 3.63) is 82.8 Å². The van der Waals surface area contributed by atoms with E-state index in [1.807, 2.05) is 26.0 Å². The highest BCUT2D eigenvalue weighted by molar-refractivity contribution is 5.62. The van der Waals surface area contributed by atoms with Gasteiger partial charge in [-0.3, -0.25) is 0 Å². The summed E-state index contributed by atoms with van der Waals surface area (Å²) in [5.41, 5.74) is 4.29. The van der Waals surface area contributed by atoms with Gasteiger partial charge in [0.05, 0.1) is 11.4 Å². The number of hydrogen-bond acceptors (Lipinski definition) is 4. The third-order valence-electron chi connectivity index (χ3n) is 8.03. The lowest BCUT2D eigenvalue weighted by molar-refractivity contribution is 0.436. The van der Waals surface area contributed by atoms with Crippen molar-refractivity contribution in [2.24, 2.45) is 0 Å². The summed E-state index contributed by atoms with van der Waals surface area (Å²) in [5, 5.41) is 0. The van der Waals surface area contributed by atoms with Gasteiger partial charge in [0.1, 0.15) is 11.6 Å². The predicted octanol–water partition coefficient (Wildman–Crippen LogP) is 9.98. The van der Waals surface area contributed by atoms with Crippen molar-refractivity contribution in [1.29, 1.82) is 0 Å². The maximum absolute atomic E-state index is 13.8. The first-order valence-electron chi connectivity index (χ1n) is 14.4. The summed E-state index contributed by atoms with van der Waals surface area (Å²) in [4.78, 5) is 9.12. The number of nitrogens with zero attached hydrogens (tertiary/aromatic N) is 2. The van der Waals surface area contributed by atoms with Gasteiger partial charge in [0.15, 0.2) is 23.3 Å². The summed E-state index contributed by atoms with van der Waals surface area (Å²) in [5.74, 6) is 3.34. The van der Waals surface area contributed by atoms with Crippen LogP contribution in [0.3, 0.4) is 0 Å². The van der Waals surface area contributed by atoms with Crippen LogP contribution in [-0.2, 0) is 0 Å². The average molecular weight is 533 g/mol. The molecule has 0 aliphatic heterocycles. The maximum atomic E-state index is 13.8. The van der Waals surface area contributed by atoms with Gasteiger partial charge in [-0.1, -0.05) is 62.8 Å². The highest BCUT2D eigenvalue weighted by Crippen LogP contribution is 2.39. The van der Waals surface area contributed by atoms with E-state index < -0.39 is 0 Å². The van der Waals surface area contributed by atoms with Crippen LogP contribution in [0.5, 0.6) is 0 Å². The predicted molar refractivity (Wildman–Crippen MR) is 150 cm³/mol. The van der Waals surface area contributed by atoms with Crippen LogP contribution in [0.4, 0.5) is 8.78 Å². The normalized spacial score (nSPS) is 16.6. The number of halogens is 2. The van der Waals surface area contributed by atoms with Gasteiger partial charge in [0.25, 0.3) is 0 Å². The SMILES string of the molecule is Cc1nc(C2CCCCC2)c(-c2ccc(C)c(F)c2)o1.Cc1nc(C2CCCCC2)c(-c2cccc(F)c2)o1. The molecule has 0 radical (unpaired) electrons. The van der Waals surface area contributed by atoms with Crippen LogP contribution in [0.15, 0.2) is 51.3 Å². The molecule has 2 aromatic heterocycles. The van der Waals surface area contributed by atoms with E-state index in [0.717, 1.165) is 59.7 Å². The van der Waals surface area contributed by atoms with Gasteiger partial charge in [0, 0.05) is 36.8 Å². The molecule has 206 valence electrons. The highest BCUT2D eigenvalue weighted by atomic mass is 19.1. The second kappa shape index (κ2) is 12.3. The number of aryl methyl sites for hydroxylation is 3. The quantitative estimate of drug-likeness (QED) is 0.262. The Morgan fingerprint density at radius 2 is 1.15 bits per heavy atom. The minimum atomic E-state index is -0.235. The standard InChI is InChI=1S/C17H20FNO.C16H18FNO/c1-11-8-9-14(10-15(11)18)17-16(19-12(2)20-17)13-6-4-3-5-7-13;1-11-18-15(12-6-3-2-4-7-12)16(19-11)13-8-5-9-14(17)10-13/h8-10,13H,3-7H2,1-2H3;5,8-10,12H,2-4,6-7H2,1H3. The smallest absolute Gasteiger partial charge is 0.192 e. The second-order valence-electron chi connectivity index (χ2n) is 11.0. The lowest BCUT2D eigenvalue weighted by Crippen LogP contribution is -2.06. The number of benzene rings is 2. The van der Waals surface area contributed by atoms with E-state index >= 15 is 0 Å². The lowest BCUT2D eigenvalue weighted by Gasteiger charge is -2.20. The molecule has 6 heteroatoms. The Labute approximate surface area is 229 Å². The van der Waals surface area contributed by atoms with Crippen molar-refractivity contribution in [3.8, 4) is 22.6 Å². The monoisotopic (exact) mass is 532 g/mol. The molecule has 0 N–H and O–H groups in total. The summed E-state index contributed by atoms with van der Waals surface area (Å²) < 4.78 is 38.7. The molecule has 0 saturated heterocycles. The van der Waals surface area contributed by atoms with E-state index in [2.05, 4.69) is 9.97 Å². The Bertz CT molecular complexity index is 1390. The Morgan fingerprint density at radius 1 is 0.641 bits per heavy atom. The van der Waals surface area contributed by atoms with Crippen LogP contribution in [0, 0.1) is 32.4 Å². The van der Waals surface area contributed by atoms with Crippen molar-refractivity contribution in [2.75, 3.05) is 0 Å². The molecule has 2 aliphatic carbocycles. The third-order valence-corrected chi connectivity index (χ3v) is 8.03. The number of hydrogen-bond donors (Lipinski definition) is 0. The average Bonchev–Trinajstić information content (AvgIpc) is 3.54. The molecule has 4 aromatic rings. The first-order chi connectivity index (χ1) is 18.9. The lowest BCUT2D eigenvalue weighted by atomic mass is 9.85. The summed E-state index contributed by atoms with van der Waals surface area (Å²) in [6.07, 6.45) is 12.3. The second-order valence-corrected chi connectivity index (χ2v) is 11.0. The molecule has 2 aliphatic rings. The van der Waals surface area contributed by atoms with Gasteiger partial charge in [-0.05, 0) is 56.4 Å². The minimum absolute atomic E-state index is 0.189. The molecule has 4 nitrogen and oxygen atoms in total. The summed E-state index contributed by atoms with van der Waals surface area (Å²) in [6, 6.07) is 11.8. The van der Waals surface area contributed by atoms with E-state index in [9.17, 15) is 8.78 Å². The number of aromatic nitrogens is 2. The van der Waals surface area contributed by atoms with Crippen LogP contribution >= 0.6 is 0 Å². The zero-order valence-corrected chi connectivity index (χ0v) is 23.2. The Morgan fingerprint density at radius 3 is 1.64 bits per heavy atom. The highest BCUT2D eigenvalue weighted by Gasteiger charge is 2.25. The first-order valence-corrected chi connectivity index (χ1v) is 14.4. The van der Waals surface area contributed by atoms with Crippen LogP contribution in [0.25, 0.3) is 22.6 Å². The molecule has 2 fully saturated rings. The van der Waals surface area contributed by atoms with Crippen LogP contribution in [0.2, 0.25) is 0 Å². The molecule has 2 saturated carbocycles. The Balaban J connectivity index is 0.000000158. The molecule has 0 amide bonds. The molecule has 0 unspecified atom stereocenters. The summed E-state index contributed by atoms with van der Waals surface area (Å²) in [7, 11) is 0. The molecule has 39 heavy (non-hydrogen) atoms. The van der Waals surface area contributed by atoms with Crippen molar-refractivity contribution in [1.82, 2.24) is 9.97 Å². The van der Waals surface area contributed by atoms with Gasteiger partial charge >= 0.3 is 0 Å². The van der Waals surface area contributed by atoms with Crippen LogP contribution in [0.1, 0.15) is 105 Å². The fourth-order valence-corrected chi connectivity index (χ4v) is 5.97. The van der Waals surface area contributed by atoms with E-state index in [1.165, 1.54) is 50.7 Å². The van der Waals surface area contributed by atoms with Crippen molar-refractivity contribution in [2.45, 2.75) is 96.8 Å². The number of rotatable bonds is 4. The van der Waals surface area contributed by atoms with Crippen LogP contribution in [-0.4, -0.2) is 9.97 Å². The molecule has 2 aromatic carbocycles. The van der Waals surface area contributed by atoms with Gasteiger partial charge < -0.3 is 8.83 Å². The molecular formula is C33H38F2N2O2. The molecule has 0 bridgehead atoms. The van der Waals surface area contributed by atoms with Crippen molar-refractivity contribution >= 4 is 0 Å².